The van der Waals surface area contributed by atoms with Crippen molar-refractivity contribution in [2.45, 2.75) is 43.7 Å². The largest absolute Gasteiger partial charge is 0.387 e. The smallest absolute Gasteiger partial charge is 0.186 e. The number of fused-ring (bicyclic) bond motifs is 7. The molecule has 0 amide bonds. The minimum Gasteiger partial charge on any atom is -0.387 e. The highest BCUT2D eigenvalue weighted by atomic mass is 16.7. The fourth-order valence-electron chi connectivity index (χ4n) is 3.69. The summed E-state index contributed by atoms with van der Waals surface area (Å²) in [6, 6.07) is 14.5. The van der Waals surface area contributed by atoms with Gasteiger partial charge in [0.05, 0.1) is 6.61 Å². The van der Waals surface area contributed by atoms with Crippen molar-refractivity contribution in [3.05, 3.63) is 48.0 Å². The van der Waals surface area contributed by atoms with Gasteiger partial charge in [0.15, 0.2) is 6.29 Å². The predicted octanol–water partition coefficient (Wildman–Crippen LogP) is 1.18. The lowest BCUT2D eigenvalue weighted by atomic mass is 9.98. The van der Waals surface area contributed by atoms with Crippen LogP contribution in [0.2, 0.25) is 0 Å². The molecule has 5 atom stereocenters. The first-order valence-corrected chi connectivity index (χ1v) is 9.16. The van der Waals surface area contributed by atoms with Gasteiger partial charge in [-0.2, -0.15) is 0 Å². The Morgan fingerprint density at radius 2 is 1.77 bits per heavy atom. The van der Waals surface area contributed by atoms with E-state index in [-0.39, 0.29) is 6.10 Å². The molecule has 3 aliphatic rings. The molecule has 0 aromatic heterocycles. The van der Waals surface area contributed by atoms with Crippen molar-refractivity contribution >= 4 is 10.8 Å². The number of aliphatic hydroxyl groups excluding tert-OH is 2. The van der Waals surface area contributed by atoms with Gasteiger partial charge in [0, 0.05) is 19.7 Å². The monoisotopic (exact) mass is 359 g/mol. The number of benzene rings is 2. The molecule has 6 heteroatoms. The van der Waals surface area contributed by atoms with Crippen molar-refractivity contribution in [1.82, 2.24) is 5.32 Å². The first-order chi connectivity index (χ1) is 12.7. The van der Waals surface area contributed by atoms with Crippen LogP contribution >= 0.6 is 0 Å². The average Bonchev–Trinajstić information content (AvgIpc) is 2.80. The van der Waals surface area contributed by atoms with Crippen LogP contribution in [-0.2, 0) is 20.8 Å². The summed E-state index contributed by atoms with van der Waals surface area (Å²) in [5.41, 5.74) is 1.20. The molecule has 3 heterocycles. The molecule has 2 aromatic carbocycles. The van der Waals surface area contributed by atoms with E-state index in [9.17, 15) is 10.2 Å². The average molecular weight is 359 g/mol. The molecule has 0 radical (unpaired) electrons. The SMILES string of the molecule is OC1C2OCCCOC(C(CNCc3cccc4ccccc34)O2)C1O. The van der Waals surface area contributed by atoms with E-state index in [1.54, 1.807) is 0 Å². The molecule has 2 aromatic rings. The van der Waals surface area contributed by atoms with Gasteiger partial charge in [0.2, 0.25) is 0 Å². The van der Waals surface area contributed by atoms with Gasteiger partial charge in [-0.1, -0.05) is 42.5 Å². The molecule has 3 aliphatic heterocycles. The van der Waals surface area contributed by atoms with E-state index in [1.807, 2.05) is 12.1 Å². The molecule has 3 N–H and O–H groups in total. The predicted molar refractivity (Wildman–Crippen MR) is 96.6 cm³/mol. The summed E-state index contributed by atoms with van der Waals surface area (Å²) in [6.07, 6.45) is -3.16. The maximum atomic E-state index is 10.4. The topological polar surface area (TPSA) is 80.2 Å². The van der Waals surface area contributed by atoms with Crippen molar-refractivity contribution in [1.29, 1.82) is 0 Å². The molecule has 0 spiro atoms. The summed E-state index contributed by atoms with van der Waals surface area (Å²) >= 11 is 0. The van der Waals surface area contributed by atoms with Crippen LogP contribution in [0.25, 0.3) is 10.8 Å². The molecule has 3 fully saturated rings. The third kappa shape index (κ3) is 3.62. The Balaban J connectivity index is 1.43. The summed E-state index contributed by atoms with van der Waals surface area (Å²) < 4.78 is 17.2. The van der Waals surface area contributed by atoms with E-state index in [0.29, 0.717) is 32.7 Å². The molecule has 140 valence electrons. The normalized spacial score (nSPS) is 32.2. The van der Waals surface area contributed by atoms with E-state index in [1.165, 1.54) is 16.3 Å². The summed E-state index contributed by atoms with van der Waals surface area (Å²) in [6.45, 7) is 2.09. The van der Waals surface area contributed by atoms with Crippen LogP contribution < -0.4 is 5.32 Å². The molecule has 6 nitrogen and oxygen atoms in total. The van der Waals surface area contributed by atoms with Gasteiger partial charge in [-0.05, 0) is 22.8 Å². The van der Waals surface area contributed by atoms with Gasteiger partial charge in [-0.25, -0.2) is 0 Å². The molecule has 0 saturated carbocycles. The Hall–Kier alpha value is -1.54. The Kier molecular flexibility index (Phi) is 5.49. The van der Waals surface area contributed by atoms with Crippen molar-refractivity contribution in [3.8, 4) is 0 Å². The molecule has 26 heavy (non-hydrogen) atoms. The minimum atomic E-state index is -1.09. The number of rotatable bonds is 4. The van der Waals surface area contributed by atoms with Gasteiger partial charge in [-0.3, -0.25) is 0 Å². The Bertz CT molecular complexity index is 732. The summed E-state index contributed by atoms with van der Waals surface area (Å²) in [4.78, 5) is 0. The van der Waals surface area contributed by atoms with Gasteiger partial charge < -0.3 is 29.7 Å². The number of aliphatic hydroxyl groups is 2. The van der Waals surface area contributed by atoms with Crippen LogP contribution in [0.5, 0.6) is 0 Å². The van der Waals surface area contributed by atoms with Crippen LogP contribution in [0.3, 0.4) is 0 Å². The highest BCUT2D eigenvalue weighted by molar-refractivity contribution is 5.85. The summed E-state index contributed by atoms with van der Waals surface area (Å²) in [7, 11) is 0. The highest BCUT2D eigenvalue weighted by Gasteiger charge is 2.46. The lowest BCUT2D eigenvalue weighted by molar-refractivity contribution is -0.292. The van der Waals surface area contributed by atoms with Gasteiger partial charge in [-0.15, -0.1) is 0 Å². The van der Waals surface area contributed by atoms with Crippen molar-refractivity contribution in [2.24, 2.45) is 0 Å². The second-order valence-electron chi connectivity index (χ2n) is 6.85. The second-order valence-corrected chi connectivity index (χ2v) is 6.85. The minimum absolute atomic E-state index is 0.383. The van der Waals surface area contributed by atoms with Crippen molar-refractivity contribution < 1.29 is 24.4 Å². The number of ether oxygens (including phenoxy) is 3. The van der Waals surface area contributed by atoms with Crippen LogP contribution in [0.15, 0.2) is 42.5 Å². The Morgan fingerprint density at radius 1 is 0.962 bits per heavy atom. The van der Waals surface area contributed by atoms with Crippen LogP contribution in [0.4, 0.5) is 0 Å². The molecular formula is C20H25NO5. The van der Waals surface area contributed by atoms with E-state index < -0.39 is 24.6 Å². The molecule has 2 bridgehead atoms. The number of hydrogen-bond donors (Lipinski definition) is 3. The molecule has 0 aliphatic carbocycles. The van der Waals surface area contributed by atoms with Crippen LogP contribution in [0, 0.1) is 0 Å². The molecular weight excluding hydrogens is 334 g/mol. The van der Waals surface area contributed by atoms with E-state index in [4.69, 9.17) is 14.2 Å². The zero-order chi connectivity index (χ0) is 17.9. The molecule has 3 saturated heterocycles. The van der Waals surface area contributed by atoms with Crippen LogP contribution in [-0.4, -0.2) is 60.7 Å². The first-order valence-electron chi connectivity index (χ1n) is 9.16. The maximum Gasteiger partial charge on any atom is 0.186 e. The fourth-order valence-corrected chi connectivity index (χ4v) is 3.69. The quantitative estimate of drug-likeness (QED) is 0.761. The fraction of sp³-hybridized carbons (Fsp3) is 0.500. The molecule has 5 unspecified atom stereocenters. The van der Waals surface area contributed by atoms with E-state index >= 15 is 0 Å². The summed E-state index contributed by atoms with van der Waals surface area (Å²) in [5, 5.41) is 26.3. The summed E-state index contributed by atoms with van der Waals surface area (Å²) in [5.74, 6) is 0. The first kappa shape index (κ1) is 17.9. The van der Waals surface area contributed by atoms with Gasteiger partial charge in [0.1, 0.15) is 24.4 Å². The van der Waals surface area contributed by atoms with Crippen molar-refractivity contribution in [3.63, 3.8) is 0 Å². The zero-order valence-electron chi connectivity index (χ0n) is 14.6. The van der Waals surface area contributed by atoms with Gasteiger partial charge >= 0.3 is 0 Å². The number of hydrogen-bond acceptors (Lipinski definition) is 6. The maximum absolute atomic E-state index is 10.4. The Labute approximate surface area is 152 Å². The Morgan fingerprint density at radius 3 is 2.69 bits per heavy atom. The van der Waals surface area contributed by atoms with Crippen molar-refractivity contribution in [2.75, 3.05) is 19.8 Å². The lowest BCUT2D eigenvalue weighted by Crippen LogP contribution is -2.60. The van der Waals surface area contributed by atoms with E-state index in [0.717, 1.165) is 0 Å². The van der Waals surface area contributed by atoms with E-state index in [2.05, 4.69) is 35.6 Å². The third-order valence-electron chi connectivity index (χ3n) is 5.06. The second kappa shape index (κ2) is 8.00. The zero-order valence-corrected chi connectivity index (χ0v) is 14.6. The van der Waals surface area contributed by atoms with Gasteiger partial charge in [0.25, 0.3) is 0 Å². The molecule has 5 rings (SSSR count). The number of nitrogens with one attached hydrogen (secondary N) is 1. The van der Waals surface area contributed by atoms with Crippen LogP contribution in [0.1, 0.15) is 12.0 Å². The highest BCUT2D eigenvalue weighted by Crippen LogP contribution is 2.26. The lowest BCUT2D eigenvalue weighted by Gasteiger charge is -2.41. The standard InChI is InChI=1S/C20H25NO5/c22-17-18(23)20-25-10-4-9-24-19(17)16(26-20)12-21-11-14-7-3-6-13-5-1-2-8-15(13)14/h1-3,5-8,16-23H,4,9-12H2. The third-order valence-corrected chi connectivity index (χ3v) is 5.06.